The van der Waals surface area contributed by atoms with Gasteiger partial charge in [0.15, 0.2) is 6.10 Å². The number of hydrogen-bond acceptors (Lipinski definition) is 5. The third-order valence-electron chi connectivity index (χ3n) is 5.11. The van der Waals surface area contributed by atoms with Crippen molar-refractivity contribution in [3.05, 3.63) is 103 Å². The molecule has 0 aliphatic rings. The summed E-state index contributed by atoms with van der Waals surface area (Å²) >= 11 is 0. The van der Waals surface area contributed by atoms with Crippen LogP contribution in [0, 0.1) is 0 Å². The molecule has 3 aromatic carbocycles. The first kappa shape index (κ1) is 23.3. The monoisotopic (exact) mass is 465 g/mol. The molecule has 0 radical (unpaired) electrons. The zero-order chi connectivity index (χ0) is 24.0. The van der Waals surface area contributed by atoms with Gasteiger partial charge in [-0.15, -0.1) is 0 Å². The lowest BCUT2D eigenvalue weighted by atomic mass is 10.1. The van der Waals surface area contributed by atoms with Crippen LogP contribution in [0.4, 0.5) is 18.9 Å². The van der Waals surface area contributed by atoms with Crippen molar-refractivity contribution in [3.63, 3.8) is 0 Å². The average molecular weight is 465 g/mol. The van der Waals surface area contributed by atoms with Crippen LogP contribution >= 0.6 is 0 Å². The minimum absolute atomic E-state index is 0.140. The third-order valence-corrected chi connectivity index (χ3v) is 5.11. The molecular weight excluding hydrogens is 443 g/mol. The van der Waals surface area contributed by atoms with Crippen molar-refractivity contribution in [3.8, 4) is 22.8 Å². The maximum atomic E-state index is 13.2. The van der Waals surface area contributed by atoms with E-state index in [1.165, 1.54) is 11.2 Å². The third kappa shape index (κ3) is 6.11. The Labute approximate surface area is 195 Å². The van der Waals surface area contributed by atoms with E-state index in [1.807, 2.05) is 42.5 Å². The maximum absolute atomic E-state index is 13.2. The highest BCUT2D eigenvalue weighted by Crippen LogP contribution is 2.29. The summed E-state index contributed by atoms with van der Waals surface area (Å²) in [5.74, 6) is 1.09. The van der Waals surface area contributed by atoms with E-state index >= 15 is 0 Å². The topological polar surface area (TPSA) is 58.5 Å². The van der Waals surface area contributed by atoms with Crippen molar-refractivity contribution < 1.29 is 23.0 Å². The number of nitrogens with zero attached hydrogens (tertiary/aromatic N) is 3. The minimum atomic E-state index is -4.74. The lowest BCUT2D eigenvalue weighted by Crippen LogP contribution is -2.40. The minimum Gasteiger partial charge on any atom is -0.457 e. The Bertz CT molecular complexity index is 1200. The molecule has 0 aliphatic heterocycles. The quantitative estimate of drug-likeness (QED) is 0.353. The van der Waals surface area contributed by atoms with Gasteiger partial charge >= 0.3 is 6.18 Å². The standard InChI is InChI=1S/C26H22F3N3O2/c27-26(28,29)25(33)17-32(16-19-6-4-7-20(14-19)24-12-13-30-18-31-24)21-8-5-11-23(15-21)34-22-9-2-1-3-10-22/h1-15,18,25,33H,16-17H2. The summed E-state index contributed by atoms with van der Waals surface area (Å²) in [5.41, 5.74) is 2.78. The van der Waals surface area contributed by atoms with Crippen LogP contribution < -0.4 is 9.64 Å². The predicted molar refractivity (Wildman–Crippen MR) is 124 cm³/mol. The van der Waals surface area contributed by atoms with Gasteiger partial charge in [0.25, 0.3) is 0 Å². The molecule has 174 valence electrons. The van der Waals surface area contributed by atoms with Crippen molar-refractivity contribution in [1.82, 2.24) is 9.97 Å². The second-order valence-electron chi connectivity index (χ2n) is 7.65. The molecule has 0 bridgehead atoms. The first-order valence-electron chi connectivity index (χ1n) is 10.6. The number of anilines is 1. The fraction of sp³-hybridized carbons (Fsp3) is 0.154. The Morgan fingerprint density at radius 1 is 0.882 bits per heavy atom. The molecule has 34 heavy (non-hydrogen) atoms. The molecule has 1 aromatic heterocycles. The van der Waals surface area contributed by atoms with Crippen molar-refractivity contribution >= 4 is 5.69 Å². The molecule has 1 unspecified atom stereocenters. The number of aliphatic hydroxyl groups excluding tert-OH is 1. The molecule has 8 heteroatoms. The van der Waals surface area contributed by atoms with E-state index < -0.39 is 18.8 Å². The average Bonchev–Trinajstić information content (AvgIpc) is 2.84. The van der Waals surface area contributed by atoms with Gasteiger partial charge in [0.2, 0.25) is 0 Å². The highest BCUT2D eigenvalue weighted by Gasteiger charge is 2.39. The number of alkyl halides is 3. The molecule has 1 heterocycles. The largest absolute Gasteiger partial charge is 0.457 e. The van der Waals surface area contributed by atoms with Gasteiger partial charge in [-0.05, 0) is 42.0 Å². The molecule has 0 aliphatic carbocycles. The molecular formula is C26H22F3N3O2. The summed E-state index contributed by atoms with van der Waals surface area (Å²) in [6.07, 6.45) is -4.18. The molecule has 0 fully saturated rings. The van der Waals surface area contributed by atoms with Gasteiger partial charge in [0, 0.05) is 30.1 Å². The molecule has 4 aromatic rings. The van der Waals surface area contributed by atoms with Gasteiger partial charge in [-0.2, -0.15) is 13.2 Å². The summed E-state index contributed by atoms with van der Waals surface area (Å²) < 4.78 is 45.4. The normalized spacial score (nSPS) is 12.2. The Morgan fingerprint density at radius 2 is 1.65 bits per heavy atom. The number of rotatable bonds is 8. The van der Waals surface area contributed by atoms with Crippen LogP contribution in [0.15, 0.2) is 97.5 Å². The predicted octanol–water partition coefficient (Wildman–Crippen LogP) is 5.87. The number of hydrogen-bond donors (Lipinski definition) is 1. The number of aromatic nitrogens is 2. The van der Waals surface area contributed by atoms with Gasteiger partial charge in [-0.1, -0.05) is 42.5 Å². The molecule has 0 amide bonds. The number of para-hydroxylation sites is 1. The van der Waals surface area contributed by atoms with Crippen LogP contribution in [0.1, 0.15) is 5.56 Å². The Balaban J connectivity index is 1.62. The molecule has 4 rings (SSSR count). The Hall–Kier alpha value is -3.91. The second kappa shape index (κ2) is 10.4. The molecule has 5 nitrogen and oxygen atoms in total. The van der Waals surface area contributed by atoms with E-state index in [0.29, 0.717) is 22.9 Å². The summed E-state index contributed by atoms with van der Waals surface area (Å²) in [6, 6.07) is 25.0. The van der Waals surface area contributed by atoms with Crippen LogP contribution in [0.3, 0.4) is 0 Å². The number of ether oxygens (including phenoxy) is 1. The van der Waals surface area contributed by atoms with Crippen molar-refractivity contribution in [2.24, 2.45) is 0 Å². The van der Waals surface area contributed by atoms with E-state index in [1.54, 1.807) is 48.7 Å². The van der Waals surface area contributed by atoms with E-state index in [2.05, 4.69) is 9.97 Å². The van der Waals surface area contributed by atoms with E-state index in [9.17, 15) is 18.3 Å². The van der Waals surface area contributed by atoms with Crippen LogP contribution in [-0.2, 0) is 6.54 Å². The van der Waals surface area contributed by atoms with Crippen LogP contribution in [0.2, 0.25) is 0 Å². The lowest BCUT2D eigenvalue weighted by Gasteiger charge is -2.29. The van der Waals surface area contributed by atoms with Crippen LogP contribution in [0.5, 0.6) is 11.5 Å². The second-order valence-corrected chi connectivity index (χ2v) is 7.65. The first-order valence-corrected chi connectivity index (χ1v) is 10.6. The summed E-state index contributed by atoms with van der Waals surface area (Å²) in [6.45, 7) is -0.489. The highest BCUT2D eigenvalue weighted by atomic mass is 19.4. The molecule has 0 saturated heterocycles. The zero-order valence-corrected chi connectivity index (χ0v) is 18.1. The molecule has 0 saturated carbocycles. The van der Waals surface area contributed by atoms with E-state index in [4.69, 9.17) is 4.74 Å². The fourth-order valence-electron chi connectivity index (χ4n) is 3.45. The molecule has 1 atom stereocenters. The van der Waals surface area contributed by atoms with Gasteiger partial charge in [-0.25, -0.2) is 9.97 Å². The summed E-state index contributed by atoms with van der Waals surface area (Å²) in [7, 11) is 0. The van der Waals surface area contributed by atoms with Crippen molar-refractivity contribution in [1.29, 1.82) is 0 Å². The van der Waals surface area contributed by atoms with Gasteiger partial charge < -0.3 is 14.7 Å². The van der Waals surface area contributed by atoms with Gasteiger partial charge in [0.05, 0.1) is 12.2 Å². The number of aliphatic hydroxyl groups is 1. The lowest BCUT2D eigenvalue weighted by molar-refractivity contribution is -0.200. The summed E-state index contributed by atoms with van der Waals surface area (Å²) in [4.78, 5) is 9.62. The van der Waals surface area contributed by atoms with E-state index in [-0.39, 0.29) is 6.54 Å². The van der Waals surface area contributed by atoms with Crippen LogP contribution in [0.25, 0.3) is 11.3 Å². The van der Waals surface area contributed by atoms with Gasteiger partial charge in [-0.3, -0.25) is 0 Å². The van der Waals surface area contributed by atoms with E-state index in [0.717, 1.165) is 11.1 Å². The molecule has 1 N–H and O–H groups in total. The Morgan fingerprint density at radius 3 is 2.38 bits per heavy atom. The SMILES string of the molecule is OC(CN(Cc1cccc(-c2ccncn2)c1)c1cccc(Oc2ccccc2)c1)C(F)(F)F. The van der Waals surface area contributed by atoms with Crippen molar-refractivity contribution in [2.75, 3.05) is 11.4 Å². The highest BCUT2D eigenvalue weighted by molar-refractivity contribution is 5.60. The maximum Gasteiger partial charge on any atom is 0.416 e. The smallest absolute Gasteiger partial charge is 0.416 e. The number of halogens is 3. The summed E-state index contributed by atoms with van der Waals surface area (Å²) in [5, 5.41) is 9.82. The van der Waals surface area contributed by atoms with Crippen LogP contribution in [-0.4, -0.2) is 33.9 Å². The number of benzene rings is 3. The zero-order valence-electron chi connectivity index (χ0n) is 18.1. The van der Waals surface area contributed by atoms with Crippen molar-refractivity contribution in [2.45, 2.75) is 18.8 Å². The first-order chi connectivity index (χ1) is 16.4. The fourth-order valence-corrected chi connectivity index (χ4v) is 3.45. The Kier molecular flexibility index (Phi) is 7.08. The van der Waals surface area contributed by atoms with Gasteiger partial charge in [0.1, 0.15) is 17.8 Å². The molecule has 0 spiro atoms.